The van der Waals surface area contributed by atoms with E-state index in [-0.39, 0.29) is 12.5 Å². The number of hydrogen-bond acceptors (Lipinski definition) is 2. The summed E-state index contributed by atoms with van der Waals surface area (Å²) in [6, 6.07) is 6.04. The lowest BCUT2D eigenvalue weighted by atomic mass is 9.91. The van der Waals surface area contributed by atoms with Crippen molar-refractivity contribution in [1.29, 1.82) is 0 Å². The first-order chi connectivity index (χ1) is 8.61. The van der Waals surface area contributed by atoms with Gasteiger partial charge in [0.05, 0.1) is 6.61 Å². The molecule has 0 spiro atoms. The maximum atomic E-state index is 12.5. The summed E-state index contributed by atoms with van der Waals surface area (Å²) < 4.78 is 0.920. The van der Waals surface area contributed by atoms with E-state index < -0.39 is 0 Å². The number of nitrogens with zero attached hydrogens (tertiary/aromatic N) is 1. The molecule has 0 unspecified atom stereocenters. The predicted molar refractivity (Wildman–Crippen MR) is 74.6 cm³/mol. The minimum Gasteiger partial charge on any atom is -0.395 e. The quantitative estimate of drug-likeness (QED) is 0.929. The third-order valence-corrected chi connectivity index (χ3v) is 3.86. The Kier molecular flexibility index (Phi) is 4.40. The molecule has 1 aromatic rings. The van der Waals surface area contributed by atoms with E-state index in [1.54, 1.807) is 0 Å². The van der Waals surface area contributed by atoms with Crippen LogP contribution in [0.4, 0.5) is 0 Å². The van der Waals surface area contributed by atoms with E-state index in [1.165, 1.54) is 6.42 Å². The summed E-state index contributed by atoms with van der Waals surface area (Å²) in [4.78, 5) is 14.3. The Hall–Kier alpha value is -0.870. The van der Waals surface area contributed by atoms with Crippen molar-refractivity contribution in [2.75, 3.05) is 13.2 Å². The summed E-state index contributed by atoms with van der Waals surface area (Å²) in [6.07, 6.45) is 3.29. The monoisotopic (exact) mass is 311 g/mol. The summed E-state index contributed by atoms with van der Waals surface area (Å²) >= 11 is 3.42. The minimum absolute atomic E-state index is 0.0230. The summed E-state index contributed by atoms with van der Waals surface area (Å²) in [5.74, 6) is 0.0261. The van der Waals surface area contributed by atoms with E-state index in [4.69, 9.17) is 5.11 Å². The van der Waals surface area contributed by atoms with Gasteiger partial charge in [-0.15, -0.1) is 0 Å². The van der Waals surface area contributed by atoms with Gasteiger partial charge in [0.15, 0.2) is 0 Å². The Morgan fingerprint density at radius 3 is 2.67 bits per heavy atom. The summed E-state index contributed by atoms with van der Waals surface area (Å²) in [7, 11) is 0. The smallest absolute Gasteiger partial charge is 0.254 e. The van der Waals surface area contributed by atoms with Gasteiger partial charge in [-0.1, -0.05) is 15.9 Å². The molecule has 0 atom stereocenters. The fourth-order valence-corrected chi connectivity index (χ4v) is 2.89. The minimum atomic E-state index is 0.0230. The molecule has 1 aromatic carbocycles. The van der Waals surface area contributed by atoms with Crippen molar-refractivity contribution in [3.05, 3.63) is 33.8 Å². The zero-order valence-electron chi connectivity index (χ0n) is 10.5. The van der Waals surface area contributed by atoms with Crippen molar-refractivity contribution in [3.63, 3.8) is 0 Å². The highest BCUT2D eigenvalue weighted by atomic mass is 79.9. The number of aliphatic hydroxyl groups is 1. The van der Waals surface area contributed by atoms with Crippen molar-refractivity contribution >= 4 is 21.8 Å². The number of aliphatic hydroxyl groups excluding tert-OH is 1. The molecule has 0 radical (unpaired) electrons. The largest absolute Gasteiger partial charge is 0.395 e. The molecule has 4 heteroatoms. The lowest BCUT2D eigenvalue weighted by Crippen LogP contribution is -2.45. The Morgan fingerprint density at radius 1 is 1.44 bits per heavy atom. The number of carbonyl (C=O) groups excluding carboxylic acids is 1. The molecule has 0 aliphatic heterocycles. The summed E-state index contributed by atoms with van der Waals surface area (Å²) in [5.41, 5.74) is 1.76. The number of carbonyl (C=O) groups is 1. The highest BCUT2D eigenvalue weighted by Gasteiger charge is 2.29. The summed E-state index contributed by atoms with van der Waals surface area (Å²) in [5, 5.41) is 9.11. The van der Waals surface area contributed by atoms with E-state index in [0.29, 0.717) is 18.2 Å². The molecule has 0 heterocycles. The summed E-state index contributed by atoms with van der Waals surface area (Å²) in [6.45, 7) is 2.42. The van der Waals surface area contributed by atoms with E-state index in [2.05, 4.69) is 15.9 Å². The molecule has 0 saturated heterocycles. The Morgan fingerprint density at radius 2 is 2.17 bits per heavy atom. The van der Waals surface area contributed by atoms with Crippen molar-refractivity contribution in [1.82, 2.24) is 4.90 Å². The van der Waals surface area contributed by atoms with Crippen LogP contribution in [-0.2, 0) is 0 Å². The zero-order chi connectivity index (χ0) is 13.1. The van der Waals surface area contributed by atoms with E-state index in [9.17, 15) is 4.79 Å². The first-order valence-electron chi connectivity index (χ1n) is 6.31. The van der Waals surface area contributed by atoms with Crippen LogP contribution in [0.15, 0.2) is 22.7 Å². The number of benzene rings is 1. The van der Waals surface area contributed by atoms with Crippen molar-refractivity contribution in [2.24, 2.45) is 0 Å². The molecular formula is C14H18BrNO2. The molecule has 1 aliphatic rings. The fourth-order valence-electron chi connectivity index (χ4n) is 2.28. The maximum Gasteiger partial charge on any atom is 0.254 e. The standard InChI is InChI=1S/C14H18BrNO2/c1-10-7-11(9-12(15)8-10)14(18)16(5-6-17)13-3-2-4-13/h7-9,13,17H,2-6H2,1H3. The van der Waals surface area contributed by atoms with Crippen LogP contribution in [-0.4, -0.2) is 35.1 Å². The first-order valence-corrected chi connectivity index (χ1v) is 7.10. The van der Waals surface area contributed by atoms with Crippen LogP contribution in [0.3, 0.4) is 0 Å². The SMILES string of the molecule is Cc1cc(Br)cc(C(=O)N(CCO)C2CCC2)c1. The molecule has 98 valence electrons. The van der Waals surface area contributed by atoms with E-state index >= 15 is 0 Å². The molecule has 1 fully saturated rings. The average Bonchev–Trinajstić information content (AvgIpc) is 2.23. The molecule has 2 rings (SSSR count). The number of amides is 1. The van der Waals surface area contributed by atoms with Crippen LogP contribution >= 0.6 is 15.9 Å². The van der Waals surface area contributed by atoms with Gasteiger partial charge < -0.3 is 10.0 Å². The third kappa shape index (κ3) is 2.93. The van der Waals surface area contributed by atoms with Gasteiger partial charge in [-0.25, -0.2) is 0 Å². The average molecular weight is 312 g/mol. The van der Waals surface area contributed by atoms with E-state index in [0.717, 1.165) is 22.9 Å². The second-order valence-corrected chi connectivity index (χ2v) is 5.74. The first kappa shape index (κ1) is 13.6. The molecular weight excluding hydrogens is 294 g/mol. The predicted octanol–water partition coefficient (Wildman–Crippen LogP) is 2.74. The van der Waals surface area contributed by atoms with Crippen LogP contribution in [0, 0.1) is 6.92 Å². The van der Waals surface area contributed by atoms with Gasteiger partial charge in [0, 0.05) is 22.6 Å². The normalized spacial score (nSPS) is 15.3. The Balaban J connectivity index is 2.21. The highest BCUT2D eigenvalue weighted by Crippen LogP contribution is 2.26. The van der Waals surface area contributed by atoms with Gasteiger partial charge in [-0.3, -0.25) is 4.79 Å². The van der Waals surface area contributed by atoms with Gasteiger partial charge in [-0.05, 0) is 49.9 Å². The molecule has 1 N–H and O–H groups in total. The van der Waals surface area contributed by atoms with Gasteiger partial charge in [0.1, 0.15) is 0 Å². The van der Waals surface area contributed by atoms with Crippen LogP contribution in [0.2, 0.25) is 0 Å². The molecule has 1 amide bonds. The van der Waals surface area contributed by atoms with E-state index in [1.807, 2.05) is 30.0 Å². The topological polar surface area (TPSA) is 40.5 Å². The molecule has 3 nitrogen and oxygen atoms in total. The Labute approximate surface area is 116 Å². The second-order valence-electron chi connectivity index (χ2n) is 4.82. The third-order valence-electron chi connectivity index (χ3n) is 3.41. The number of aryl methyl sites for hydroxylation is 1. The molecule has 0 aromatic heterocycles. The molecule has 18 heavy (non-hydrogen) atoms. The van der Waals surface area contributed by atoms with Crippen LogP contribution in [0.1, 0.15) is 35.2 Å². The van der Waals surface area contributed by atoms with Crippen LogP contribution in [0.25, 0.3) is 0 Å². The lowest BCUT2D eigenvalue weighted by molar-refractivity contribution is 0.0525. The molecule has 1 saturated carbocycles. The molecule has 0 bridgehead atoms. The molecule has 1 aliphatic carbocycles. The number of halogens is 1. The van der Waals surface area contributed by atoms with Crippen molar-refractivity contribution < 1.29 is 9.90 Å². The number of hydrogen-bond donors (Lipinski definition) is 1. The Bertz CT molecular complexity index is 423. The van der Waals surface area contributed by atoms with Gasteiger partial charge in [-0.2, -0.15) is 0 Å². The fraction of sp³-hybridized carbons (Fsp3) is 0.500. The van der Waals surface area contributed by atoms with Crippen molar-refractivity contribution in [2.45, 2.75) is 32.2 Å². The lowest BCUT2D eigenvalue weighted by Gasteiger charge is -2.37. The van der Waals surface area contributed by atoms with Gasteiger partial charge in [0.2, 0.25) is 0 Å². The van der Waals surface area contributed by atoms with Gasteiger partial charge >= 0.3 is 0 Å². The highest BCUT2D eigenvalue weighted by molar-refractivity contribution is 9.10. The zero-order valence-corrected chi connectivity index (χ0v) is 12.1. The number of rotatable bonds is 4. The van der Waals surface area contributed by atoms with Crippen LogP contribution < -0.4 is 0 Å². The van der Waals surface area contributed by atoms with Crippen LogP contribution in [0.5, 0.6) is 0 Å². The van der Waals surface area contributed by atoms with Gasteiger partial charge in [0.25, 0.3) is 5.91 Å². The van der Waals surface area contributed by atoms with Crippen molar-refractivity contribution in [3.8, 4) is 0 Å². The maximum absolute atomic E-state index is 12.5. The second kappa shape index (κ2) is 5.85.